The van der Waals surface area contributed by atoms with Crippen molar-refractivity contribution in [1.29, 1.82) is 0 Å². The summed E-state index contributed by atoms with van der Waals surface area (Å²) < 4.78 is 29.4. The Bertz CT molecular complexity index is 559. The molecule has 0 saturated carbocycles. The minimum Gasteiger partial charge on any atom is -0.379 e. The topological polar surface area (TPSA) is 84.5 Å². The van der Waals surface area contributed by atoms with E-state index in [0.29, 0.717) is 43.5 Å². The number of carbonyl (C=O) groups is 1. The van der Waals surface area contributed by atoms with E-state index in [-0.39, 0.29) is 11.8 Å². The van der Waals surface area contributed by atoms with E-state index in [4.69, 9.17) is 4.74 Å². The quantitative estimate of drug-likeness (QED) is 0.635. The molecule has 1 aromatic carbocycles. The molecule has 6 nitrogen and oxygen atoms in total. The van der Waals surface area contributed by atoms with Crippen LogP contribution in [0.3, 0.4) is 0 Å². The molecule has 0 bridgehead atoms. The number of benzene rings is 1. The van der Waals surface area contributed by atoms with Crippen LogP contribution in [-0.2, 0) is 14.6 Å². The number of carbonyl (C=O) groups excluding carboxylic acids is 1. The summed E-state index contributed by atoms with van der Waals surface area (Å²) in [7, 11) is -3.28. The normalized spacial score (nSPS) is 11.4. The van der Waals surface area contributed by atoms with Crippen molar-refractivity contribution < 1.29 is 17.9 Å². The number of ether oxygens (including phenoxy) is 1. The lowest BCUT2D eigenvalue weighted by Gasteiger charge is -2.09. The molecular weight excluding hydrogens is 316 g/mol. The van der Waals surface area contributed by atoms with Crippen molar-refractivity contribution in [3.63, 3.8) is 0 Å². The fourth-order valence-electron chi connectivity index (χ4n) is 1.83. The van der Waals surface area contributed by atoms with Crippen molar-refractivity contribution in [2.24, 2.45) is 5.92 Å². The van der Waals surface area contributed by atoms with Gasteiger partial charge in [-0.2, -0.15) is 0 Å². The maximum atomic E-state index is 12.0. The van der Waals surface area contributed by atoms with Crippen molar-refractivity contribution in [3.05, 3.63) is 30.3 Å². The summed E-state index contributed by atoms with van der Waals surface area (Å²) in [6.45, 7) is 5.99. The summed E-state index contributed by atoms with van der Waals surface area (Å²) >= 11 is 0. The molecule has 0 unspecified atom stereocenters. The molecule has 2 N–H and O–H groups in total. The molecule has 130 valence electrons. The van der Waals surface area contributed by atoms with Gasteiger partial charge in [0.2, 0.25) is 0 Å². The van der Waals surface area contributed by atoms with Gasteiger partial charge in [0.1, 0.15) is 0 Å². The van der Waals surface area contributed by atoms with Crippen LogP contribution in [0.5, 0.6) is 0 Å². The summed E-state index contributed by atoms with van der Waals surface area (Å²) in [5.41, 5.74) is 0. The van der Waals surface area contributed by atoms with Gasteiger partial charge in [-0.25, -0.2) is 13.2 Å². The smallest absolute Gasteiger partial charge is 0.314 e. The standard InChI is InChI=1S/C16H26N2O4S/c1-14(2)13-22-11-10-18-16(19)17-9-6-12-23(20,21)15-7-4-3-5-8-15/h3-5,7-8,14H,6,9-13H2,1-2H3,(H2,17,18,19). The maximum Gasteiger partial charge on any atom is 0.314 e. The largest absolute Gasteiger partial charge is 0.379 e. The van der Waals surface area contributed by atoms with Gasteiger partial charge in [0, 0.05) is 19.7 Å². The third kappa shape index (κ3) is 8.56. The highest BCUT2D eigenvalue weighted by molar-refractivity contribution is 7.91. The lowest BCUT2D eigenvalue weighted by Crippen LogP contribution is -2.38. The van der Waals surface area contributed by atoms with Gasteiger partial charge in [-0.3, -0.25) is 0 Å². The van der Waals surface area contributed by atoms with Gasteiger partial charge in [0.15, 0.2) is 9.84 Å². The molecule has 7 heteroatoms. The third-order valence-corrected chi connectivity index (χ3v) is 4.78. The first kappa shape index (κ1) is 19.4. The molecule has 0 aliphatic carbocycles. The van der Waals surface area contributed by atoms with Crippen LogP contribution in [0, 0.1) is 5.92 Å². The first-order chi connectivity index (χ1) is 10.9. The van der Waals surface area contributed by atoms with E-state index in [1.165, 1.54) is 0 Å². The second kappa shape index (κ2) is 10.2. The minimum absolute atomic E-state index is 0.00872. The van der Waals surface area contributed by atoms with E-state index >= 15 is 0 Å². The molecule has 0 spiro atoms. The van der Waals surface area contributed by atoms with E-state index in [2.05, 4.69) is 24.5 Å². The van der Waals surface area contributed by atoms with E-state index in [9.17, 15) is 13.2 Å². The molecule has 0 aliphatic rings. The van der Waals surface area contributed by atoms with E-state index in [1.54, 1.807) is 30.3 Å². The number of hydrogen-bond donors (Lipinski definition) is 2. The second-order valence-electron chi connectivity index (χ2n) is 5.64. The summed E-state index contributed by atoms with van der Waals surface area (Å²) in [5.74, 6) is 0.477. The van der Waals surface area contributed by atoms with Crippen molar-refractivity contribution in [3.8, 4) is 0 Å². The lowest BCUT2D eigenvalue weighted by molar-refractivity contribution is 0.112. The molecule has 1 rings (SSSR count). The number of nitrogens with one attached hydrogen (secondary N) is 2. The van der Waals surface area contributed by atoms with Crippen LogP contribution in [0.25, 0.3) is 0 Å². The fourth-order valence-corrected chi connectivity index (χ4v) is 3.16. The number of urea groups is 1. The Morgan fingerprint density at radius 3 is 2.43 bits per heavy atom. The molecule has 0 fully saturated rings. The summed E-state index contributed by atoms with van der Waals surface area (Å²) in [6.07, 6.45) is 0.370. The van der Waals surface area contributed by atoms with Gasteiger partial charge in [-0.05, 0) is 24.5 Å². The maximum absolute atomic E-state index is 12.0. The Balaban J connectivity index is 2.13. The molecular formula is C16H26N2O4S. The van der Waals surface area contributed by atoms with Gasteiger partial charge in [0.25, 0.3) is 0 Å². The molecule has 0 heterocycles. The Kier molecular flexibility index (Phi) is 8.65. The molecule has 23 heavy (non-hydrogen) atoms. The van der Waals surface area contributed by atoms with Crippen molar-refractivity contribution in [1.82, 2.24) is 10.6 Å². The molecule has 0 aliphatic heterocycles. The highest BCUT2D eigenvalue weighted by atomic mass is 32.2. The van der Waals surface area contributed by atoms with Crippen LogP contribution >= 0.6 is 0 Å². The average molecular weight is 342 g/mol. The van der Waals surface area contributed by atoms with Gasteiger partial charge < -0.3 is 15.4 Å². The summed E-state index contributed by atoms with van der Waals surface area (Å²) in [5, 5.41) is 5.30. The average Bonchev–Trinajstić information content (AvgIpc) is 2.52. The zero-order valence-corrected chi connectivity index (χ0v) is 14.6. The predicted molar refractivity (Wildman–Crippen MR) is 90.2 cm³/mol. The van der Waals surface area contributed by atoms with Gasteiger partial charge in [-0.1, -0.05) is 32.0 Å². The zero-order valence-electron chi connectivity index (χ0n) is 13.7. The second-order valence-corrected chi connectivity index (χ2v) is 7.75. The number of sulfone groups is 1. The van der Waals surface area contributed by atoms with E-state index in [0.717, 1.165) is 0 Å². The van der Waals surface area contributed by atoms with Crippen LogP contribution in [0.4, 0.5) is 4.79 Å². The highest BCUT2D eigenvalue weighted by Crippen LogP contribution is 2.10. The van der Waals surface area contributed by atoms with E-state index in [1.807, 2.05) is 0 Å². The Hall–Kier alpha value is -1.60. The van der Waals surface area contributed by atoms with Crippen LogP contribution < -0.4 is 10.6 Å². The van der Waals surface area contributed by atoms with Crippen LogP contribution in [0.1, 0.15) is 20.3 Å². The van der Waals surface area contributed by atoms with Crippen molar-refractivity contribution in [2.45, 2.75) is 25.2 Å². The fraction of sp³-hybridized carbons (Fsp3) is 0.562. The monoisotopic (exact) mass is 342 g/mol. The van der Waals surface area contributed by atoms with Gasteiger partial charge >= 0.3 is 6.03 Å². The molecule has 0 radical (unpaired) electrons. The summed E-state index contributed by atoms with van der Waals surface area (Å²) in [6, 6.07) is 8.00. The number of amides is 2. The molecule has 0 saturated heterocycles. The Morgan fingerprint density at radius 1 is 1.13 bits per heavy atom. The Morgan fingerprint density at radius 2 is 1.78 bits per heavy atom. The first-order valence-electron chi connectivity index (χ1n) is 7.79. The molecule has 1 aromatic rings. The Labute approximate surface area is 138 Å². The van der Waals surface area contributed by atoms with Crippen molar-refractivity contribution in [2.75, 3.05) is 32.1 Å². The number of hydrogen-bond acceptors (Lipinski definition) is 4. The third-order valence-electron chi connectivity index (χ3n) is 2.96. The van der Waals surface area contributed by atoms with Crippen LogP contribution in [-0.4, -0.2) is 46.5 Å². The van der Waals surface area contributed by atoms with Gasteiger partial charge in [-0.15, -0.1) is 0 Å². The zero-order chi connectivity index (χ0) is 17.1. The van der Waals surface area contributed by atoms with Crippen LogP contribution in [0.2, 0.25) is 0 Å². The minimum atomic E-state index is -3.28. The SMILES string of the molecule is CC(C)COCCNC(=O)NCCCS(=O)(=O)c1ccccc1. The molecule has 0 atom stereocenters. The van der Waals surface area contributed by atoms with E-state index < -0.39 is 9.84 Å². The molecule has 2 amide bonds. The van der Waals surface area contributed by atoms with Crippen LogP contribution in [0.15, 0.2) is 35.2 Å². The molecule has 0 aromatic heterocycles. The number of rotatable bonds is 10. The van der Waals surface area contributed by atoms with Crippen molar-refractivity contribution >= 4 is 15.9 Å². The lowest BCUT2D eigenvalue weighted by atomic mass is 10.2. The first-order valence-corrected chi connectivity index (χ1v) is 9.44. The summed E-state index contributed by atoms with van der Waals surface area (Å²) in [4.78, 5) is 11.8. The predicted octanol–water partition coefficient (Wildman–Crippen LogP) is 1.82. The highest BCUT2D eigenvalue weighted by Gasteiger charge is 2.13. The van der Waals surface area contributed by atoms with Gasteiger partial charge in [0.05, 0.1) is 17.3 Å².